The number of β-amino-alcohol motifs (C(OH)–C–C–N with tert-alkyl or cyclic N) is 1. The molecular weight excluding hydrogens is 305 g/mol. The molecule has 1 fully saturated rings. The Morgan fingerprint density at radius 1 is 1.53 bits per heavy atom. The van der Waals surface area contributed by atoms with Gasteiger partial charge in [0.2, 0.25) is 0 Å². The maximum atomic E-state index is 12.2. The van der Waals surface area contributed by atoms with Gasteiger partial charge < -0.3 is 10.0 Å². The molecule has 92 valence electrons. The lowest BCUT2D eigenvalue weighted by molar-refractivity contribution is 0.0474. The van der Waals surface area contributed by atoms with Gasteiger partial charge in [-0.1, -0.05) is 27.5 Å². The van der Waals surface area contributed by atoms with Crippen molar-refractivity contribution in [1.82, 2.24) is 4.90 Å². The highest BCUT2D eigenvalue weighted by Gasteiger charge is 2.24. The molecule has 0 bridgehead atoms. The predicted molar refractivity (Wildman–Crippen MR) is 70.3 cm³/mol. The molecule has 1 aliphatic heterocycles. The predicted octanol–water partition coefficient (Wildman–Crippen LogP) is 2.70. The van der Waals surface area contributed by atoms with Crippen molar-refractivity contribution < 1.29 is 9.90 Å². The van der Waals surface area contributed by atoms with Crippen LogP contribution in [-0.2, 0) is 0 Å². The normalized spacial score (nSPS) is 20.4. The van der Waals surface area contributed by atoms with Crippen LogP contribution in [0.25, 0.3) is 0 Å². The third kappa shape index (κ3) is 3.00. The summed E-state index contributed by atoms with van der Waals surface area (Å²) in [6.45, 7) is 1.08. The zero-order chi connectivity index (χ0) is 12.4. The van der Waals surface area contributed by atoms with Crippen molar-refractivity contribution in [3.8, 4) is 0 Å². The average Bonchev–Trinajstić information content (AvgIpc) is 2.28. The van der Waals surface area contributed by atoms with Crippen LogP contribution in [0.15, 0.2) is 22.7 Å². The van der Waals surface area contributed by atoms with Crippen LogP contribution in [0.3, 0.4) is 0 Å². The Kier molecular flexibility index (Phi) is 4.07. The Balaban J connectivity index is 2.18. The van der Waals surface area contributed by atoms with E-state index in [0.717, 1.165) is 17.3 Å². The Labute approximate surface area is 114 Å². The van der Waals surface area contributed by atoms with E-state index in [1.54, 1.807) is 23.1 Å². The summed E-state index contributed by atoms with van der Waals surface area (Å²) < 4.78 is 0.845. The fourth-order valence-electron chi connectivity index (χ4n) is 1.97. The van der Waals surface area contributed by atoms with Crippen LogP contribution in [0.4, 0.5) is 0 Å². The molecule has 1 N–H and O–H groups in total. The van der Waals surface area contributed by atoms with Gasteiger partial charge in [0.15, 0.2) is 0 Å². The number of likely N-dealkylation sites (tertiary alicyclic amines) is 1. The van der Waals surface area contributed by atoms with E-state index in [9.17, 15) is 9.90 Å². The van der Waals surface area contributed by atoms with Gasteiger partial charge in [0, 0.05) is 17.6 Å². The molecule has 1 aromatic carbocycles. The first kappa shape index (κ1) is 12.9. The Hall–Kier alpha value is -0.580. The minimum absolute atomic E-state index is 0.110. The monoisotopic (exact) mass is 317 g/mol. The molecule has 1 aliphatic rings. The van der Waals surface area contributed by atoms with Gasteiger partial charge in [-0.3, -0.25) is 4.79 Å². The summed E-state index contributed by atoms with van der Waals surface area (Å²) >= 11 is 9.34. The van der Waals surface area contributed by atoms with Crippen molar-refractivity contribution in [2.45, 2.75) is 18.9 Å². The molecule has 0 saturated carbocycles. The third-order valence-corrected chi connectivity index (χ3v) is 3.65. The van der Waals surface area contributed by atoms with Crippen LogP contribution in [0.5, 0.6) is 0 Å². The molecule has 1 aromatic rings. The molecule has 17 heavy (non-hydrogen) atoms. The molecule has 0 aromatic heterocycles. The van der Waals surface area contributed by atoms with E-state index >= 15 is 0 Å². The summed E-state index contributed by atoms with van der Waals surface area (Å²) in [4.78, 5) is 13.8. The van der Waals surface area contributed by atoms with Gasteiger partial charge >= 0.3 is 0 Å². The molecular formula is C12H13BrClNO2. The number of aliphatic hydroxyl groups is 1. The van der Waals surface area contributed by atoms with E-state index in [4.69, 9.17) is 11.6 Å². The zero-order valence-corrected chi connectivity index (χ0v) is 11.5. The first-order valence-electron chi connectivity index (χ1n) is 5.50. The molecule has 5 heteroatoms. The second-order valence-corrected chi connectivity index (χ2v) is 5.49. The van der Waals surface area contributed by atoms with Crippen molar-refractivity contribution in [3.63, 3.8) is 0 Å². The summed E-state index contributed by atoms with van der Waals surface area (Å²) in [6.07, 6.45) is 1.18. The van der Waals surface area contributed by atoms with E-state index < -0.39 is 6.10 Å². The number of aliphatic hydroxyl groups excluding tert-OH is 1. The van der Waals surface area contributed by atoms with Crippen molar-refractivity contribution in [1.29, 1.82) is 0 Å². The fourth-order valence-corrected chi connectivity index (χ4v) is 2.73. The topological polar surface area (TPSA) is 40.5 Å². The molecule has 0 aliphatic carbocycles. The van der Waals surface area contributed by atoms with E-state index in [-0.39, 0.29) is 5.91 Å². The van der Waals surface area contributed by atoms with E-state index in [1.165, 1.54) is 0 Å². The maximum Gasteiger partial charge on any atom is 0.255 e. The Morgan fingerprint density at radius 3 is 2.94 bits per heavy atom. The number of hydrogen-bond donors (Lipinski definition) is 1. The quantitative estimate of drug-likeness (QED) is 0.865. The number of nitrogens with zero attached hydrogens (tertiary/aromatic N) is 1. The molecule has 3 nitrogen and oxygen atoms in total. The van der Waals surface area contributed by atoms with Crippen LogP contribution in [0.1, 0.15) is 23.2 Å². The minimum atomic E-state index is -0.415. The van der Waals surface area contributed by atoms with Crippen LogP contribution in [0, 0.1) is 0 Å². The highest BCUT2D eigenvalue weighted by atomic mass is 79.9. The van der Waals surface area contributed by atoms with Gasteiger partial charge in [-0.15, -0.1) is 0 Å². The number of halogens is 2. The summed E-state index contributed by atoms with van der Waals surface area (Å²) in [5.74, 6) is -0.110. The van der Waals surface area contributed by atoms with Gasteiger partial charge in [-0.2, -0.15) is 0 Å². The number of carbonyl (C=O) groups excluding carboxylic acids is 1. The molecule has 1 heterocycles. The summed E-state index contributed by atoms with van der Waals surface area (Å²) in [5.41, 5.74) is 0.490. The Bertz CT molecular complexity index is 439. The minimum Gasteiger partial charge on any atom is -0.391 e. The summed E-state index contributed by atoms with van der Waals surface area (Å²) in [5, 5.41) is 9.99. The molecule has 1 unspecified atom stereocenters. The smallest absolute Gasteiger partial charge is 0.255 e. The number of rotatable bonds is 1. The number of carbonyl (C=O) groups is 1. The second-order valence-electron chi connectivity index (χ2n) is 4.17. The van der Waals surface area contributed by atoms with Gasteiger partial charge in [-0.05, 0) is 31.0 Å². The highest BCUT2D eigenvalue weighted by molar-refractivity contribution is 9.10. The van der Waals surface area contributed by atoms with Crippen molar-refractivity contribution in [2.75, 3.05) is 13.1 Å². The molecule has 1 atom stereocenters. The lowest BCUT2D eigenvalue weighted by atomic mass is 10.1. The third-order valence-electron chi connectivity index (χ3n) is 2.85. The first-order valence-corrected chi connectivity index (χ1v) is 6.67. The lowest BCUT2D eigenvalue weighted by Crippen LogP contribution is -2.42. The van der Waals surface area contributed by atoms with Crippen molar-refractivity contribution in [3.05, 3.63) is 33.3 Å². The van der Waals surface area contributed by atoms with E-state index in [0.29, 0.717) is 23.7 Å². The molecule has 0 radical (unpaired) electrons. The van der Waals surface area contributed by atoms with E-state index in [2.05, 4.69) is 15.9 Å². The fraction of sp³-hybridized carbons (Fsp3) is 0.417. The van der Waals surface area contributed by atoms with Crippen molar-refractivity contribution in [2.24, 2.45) is 0 Å². The molecule has 1 saturated heterocycles. The average molecular weight is 319 g/mol. The highest BCUT2D eigenvalue weighted by Crippen LogP contribution is 2.23. The SMILES string of the molecule is O=C(c1ccc(Br)cc1Cl)N1CCCC(O)C1. The number of benzene rings is 1. The molecule has 0 spiro atoms. The summed E-state index contributed by atoms with van der Waals surface area (Å²) in [6, 6.07) is 5.20. The van der Waals surface area contributed by atoms with Crippen LogP contribution >= 0.6 is 27.5 Å². The molecule has 1 amide bonds. The largest absolute Gasteiger partial charge is 0.391 e. The van der Waals surface area contributed by atoms with Gasteiger partial charge in [0.25, 0.3) is 5.91 Å². The van der Waals surface area contributed by atoms with Crippen molar-refractivity contribution >= 4 is 33.4 Å². The number of hydrogen-bond acceptors (Lipinski definition) is 2. The molecule has 2 rings (SSSR count). The number of amides is 1. The first-order chi connectivity index (χ1) is 8.08. The van der Waals surface area contributed by atoms with Crippen LogP contribution in [-0.4, -0.2) is 35.1 Å². The number of piperidine rings is 1. The van der Waals surface area contributed by atoms with E-state index in [1.807, 2.05) is 0 Å². The second kappa shape index (κ2) is 5.38. The van der Waals surface area contributed by atoms with Gasteiger partial charge in [0.1, 0.15) is 0 Å². The Morgan fingerprint density at radius 2 is 2.29 bits per heavy atom. The van der Waals surface area contributed by atoms with Gasteiger partial charge in [0.05, 0.1) is 16.7 Å². The van der Waals surface area contributed by atoms with Crippen LogP contribution in [0.2, 0.25) is 5.02 Å². The summed E-state index contributed by atoms with van der Waals surface area (Å²) in [7, 11) is 0. The van der Waals surface area contributed by atoms with Gasteiger partial charge in [-0.25, -0.2) is 0 Å². The standard InChI is InChI=1S/C12H13BrClNO2/c13-8-3-4-10(11(14)6-8)12(17)15-5-1-2-9(16)7-15/h3-4,6,9,16H,1-2,5,7H2. The maximum absolute atomic E-state index is 12.2. The van der Waals surface area contributed by atoms with Crippen LogP contribution < -0.4 is 0 Å². The lowest BCUT2D eigenvalue weighted by Gasteiger charge is -2.30. The zero-order valence-electron chi connectivity index (χ0n) is 9.20.